The van der Waals surface area contributed by atoms with Crippen LogP contribution in [0.4, 0.5) is 5.82 Å². The third-order valence-electron chi connectivity index (χ3n) is 2.19. The van der Waals surface area contributed by atoms with Gasteiger partial charge in [-0.05, 0) is 25.3 Å². The minimum absolute atomic E-state index is 0.0969. The van der Waals surface area contributed by atoms with Crippen LogP contribution in [0.5, 0.6) is 0 Å². The zero-order valence-corrected chi connectivity index (χ0v) is 9.99. The van der Waals surface area contributed by atoms with Gasteiger partial charge in [0.2, 0.25) is 0 Å². The lowest BCUT2D eigenvalue weighted by molar-refractivity contribution is 0.490. The van der Waals surface area contributed by atoms with Gasteiger partial charge in [0.1, 0.15) is 22.9 Å². The molecule has 0 aliphatic carbocycles. The molecule has 0 bridgehead atoms. The highest BCUT2D eigenvalue weighted by molar-refractivity contribution is 7.98. The highest BCUT2D eigenvalue weighted by atomic mass is 32.2. The van der Waals surface area contributed by atoms with Crippen LogP contribution in [0.1, 0.15) is 18.7 Å². The van der Waals surface area contributed by atoms with Crippen LogP contribution in [-0.2, 0) is 0 Å². The predicted molar refractivity (Wildman–Crippen MR) is 64.6 cm³/mol. The molecule has 2 aromatic heterocycles. The predicted octanol–water partition coefficient (Wildman–Crippen LogP) is 2.96. The zero-order valence-electron chi connectivity index (χ0n) is 9.18. The number of anilines is 1. The molecule has 1 atom stereocenters. The second-order valence-corrected chi connectivity index (χ2v) is 4.15. The van der Waals surface area contributed by atoms with E-state index in [-0.39, 0.29) is 6.04 Å². The first kappa shape index (κ1) is 11.0. The van der Waals surface area contributed by atoms with Crippen LogP contribution < -0.4 is 5.32 Å². The van der Waals surface area contributed by atoms with Gasteiger partial charge in [0.15, 0.2) is 0 Å². The first-order valence-corrected chi connectivity index (χ1v) is 6.18. The van der Waals surface area contributed by atoms with E-state index in [9.17, 15) is 0 Å². The summed E-state index contributed by atoms with van der Waals surface area (Å²) in [6.45, 7) is 2.03. The summed E-state index contributed by atoms with van der Waals surface area (Å²) < 4.78 is 5.31. The molecular formula is C11H13N3OS. The van der Waals surface area contributed by atoms with Crippen LogP contribution in [0, 0.1) is 0 Å². The molecule has 4 nitrogen and oxygen atoms in total. The van der Waals surface area contributed by atoms with Gasteiger partial charge >= 0.3 is 0 Å². The van der Waals surface area contributed by atoms with Gasteiger partial charge in [-0.15, -0.1) is 11.8 Å². The van der Waals surface area contributed by atoms with E-state index in [1.54, 1.807) is 24.4 Å². The number of hydrogen-bond donors (Lipinski definition) is 1. The minimum atomic E-state index is 0.0969. The number of rotatable bonds is 4. The van der Waals surface area contributed by atoms with Crippen LogP contribution in [0.25, 0.3) is 0 Å². The molecule has 5 heteroatoms. The van der Waals surface area contributed by atoms with Gasteiger partial charge in [0.05, 0.1) is 12.3 Å². The monoisotopic (exact) mass is 235 g/mol. The molecule has 16 heavy (non-hydrogen) atoms. The quantitative estimate of drug-likeness (QED) is 0.652. The van der Waals surface area contributed by atoms with E-state index >= 15 is 0 Å². The van der Waals surface area contributed by atoms with E-state index in [4.69, 9.17) is 4.42 Å². The van der Waals surface area contributed by atoms with Crippen molar-refractivity contribution < 1.29 is 4.42 Å². The van der Waals surface area contributed by atoms with E-state index in [1.165, 1.54) is 0 Å². The molecule has 0 fully saturated rings. The molecule has 0 aliphatic rings. The van der Waals surface area contributed by atoms with Gasteiger partial charge in [0.25, 0.3) is 0 Å². The first-order valence-electron chi connectivity index (χ1n) is 4.95. The van der Waals surface area contributed by atoms with E-state index in [2.05, 4.69) is 15.3 Å². The largest absolute Gasteiger partial charge is 0.467 e. The van der Waals surface area contributed by atoms with Crippen molar-refractivity contribution in [2.75, 3.05) is 11.6 Å². The van der Waals surface area contributed by atoms with Crippen LogP contribution in [0.3, 0.4) is 0 Å². The van der Waals surface area contributed by atoms with E-state index in [0.29, 0.717) is 0 Å². The maximum absolute atomic E-state index is 5.31. The lowest BCUT2D eigenvalue weighted by Gasteiger charge is -2.11. The maximum Gasteiger partial charge on any atom is 0.131 e. The van der Waals surface area contributed by atoms with E-state index in [0.717, 1.165) is 16.6 Å². The fourth-order valence-electron chi connectivity index (χ4n) is 1.36. The van der Waals surface area contributed by atoms with Gasteiger partial charge in [-0.25, -0.2) is 9.97 Å². The highest BCUT2D eigenvalue weighted by Gasteiger charge is 2.08. The van der Waals surface area contributed by atoms with Crippen LogP contribution >= 0.6 is 11.8 Å². The SMILES string of the molecule is CSc1cc(NC(C)c2ccco2)ncn1. The minimum Gasteiger partial charge on any atom is -0.467 e. The summed E-state index contributed by atoms with van der Waals surface area (Å²) in [7, 11) is 0. The van der Waals surface area contributed by atoms with Gasteiger partial charge < -0.3 is 9.73 Å². The van der Waals surface area contributed by atoms with Crippen molar-refractivity contribution in [1.29, 1.82) is 0 Å². The Morgan fingerprint density at radius 2 is 2.31 bits per heavy atom. The summed E-state index contributed by atoms with van der Waals surface area (Å²) in [6.07, 6.45) is 5.21. The van der Waals surface area contributed by atoms with E-state index in [1.807, 2.05) is 31.4 Å². The summed E-state index contributed by atoms with van der Waals surface area (Å²) in [5.41, 5.74) is 0. The van der Waals surface area contributed by atoms with Crippen LogP contribution in [-0.4, -0.2) is 16.2 Å². The molecule has 0 aliphatic heterocycles. The molecular weight excluding hydrogens is 222 g/mol. The molecule has 0 radical (unpaired) electrons. The lowest BCUT2D eigenvalue weighted by Crippen LogP contribution is -2.07. The average Bonchev–Trinajstić information content (AvgIpc) is 2.83. The lowest BCUT2D eigenvalue weighted by atomic mass is 10.2. The summed E-state index contributed by atoms with van der Waals surface area (Å²) in [5, 5.41) is 4.21. The molecule has 2 rings (SSSR count). The van der Waals surface area contributed by atoms with Crippen molar-refractivity contribution in [2.45, 2.75) is 18.0 Å². The maximum atomic E-state index is 5.31. The van der Waals surface area contributed by atoms with E-state index < -0.39 is 0 Å². The first-order chi connectivity index (χ1) is 7.79. The van der Waals surface area contributed by atoms with Crippen molar-refractivity contribution in [2.24, 2.45) is 0 Å². The number of nitrogens with one attached hydrogen (secondary N) is 1. The Bertz CT molecular complexity index is 444. The fraction of sp³-hybridized carbons (Fsp3) is 0.273. The van der Waals surface area contributed by atoms with Crippen LogP contribution in [0.2, 0.25) is 0 Å². The molecule has 1 unspecified atom stereocenters. The summed E-state index contributed by atoms with van der Waals surface area (Å²) >= 11 is 1.59. The normalized spacial score (nSPS) is 12.4. The molecule has 0 aromatic carbocycles. The van der Waals surface area contributed by atoms with Gasteiger partial charge in [-0.2, -0.15) is 0 Å². The van der Waals surface area contributed by atoms with Crippen molar-refractivity contribution in [3.8, 4) is 0 Å². The second kappa shape index (κ2) is 5.03. The number of furan rings is 1. The summed E-state index contributed by atoms with van der Waals surface area (Å²) in [6, 6.07) is 5.83. The Morgan fingerprint density at radius 1 is 1.44 bits per heavy atom. The topological polar surface area (TPSA) is 51.0 Å². The molecule has 0 spiro atoms. The Labute approximate surface area is 98.5 Å². The molecule has 2 heterocycles. The summed E-state index contributed by atoms with van der Waals surface area (Å²) in [5.74, 6) is 1.70. The molecule has 2 aromatic rings. The second-order valence-electron chi connectivity index (χ2n) is 3.33. The number of thioether (sulfide) groups is 1. The fourth-order valence-corrected chi connectivity index (χ4v) is 1.74. The molecule has 0 amide bonds. The Balaban J connectivity index is 2.08. The van der Waals surface area contributed by atoms with Crippen molar-refractivity contribution in [3.63, 3.8) is 0 Å². The van der Waals surface area contributed by atoms with Gasteiger partial charge in [-0.1, -0.05) is 0 Å². The number of nitrogens with zero attached hydrogens (tertiary/aromatic N) is 2. The molecule has 0 saturated carbocycles. The zero-order chi connectivity index (χ0) is 11.4. The Morgan fingerprint density at radius 3 is 3.00 bits per heavy atom. The standard InChI is InChI=1S/C11H13N3OS/c1-8(9-4-3-5-15-9)14-10-6-11(16-2)13-7-12-10/h3-8H,1-2H3,(H,12,13,14). The molecule has 0 saturated heterocycles. The Hall–Kier alpha value is -1.49. The smallest absolute Gasteiger partial charge is 0.131 e. The number of aromatic nitrogens is 2. The average molecular weight is 235 g/mol. The Kier molecular flexibility index (Phi) is 3.46. The van der Waals surface area contributed by atoms with Gasteiger partial charge in [-0.3, -0.25) is 0 Å². The van der Waals surface area contributed by atoms with Crippen molar-refractivity contribution in [1.82, 2.24) is 9.97 Å². The van der Waals surface area contributed by atoms with Crippen LogP contribution in [0.15, 0.2) is 40.2 Å². The highest BCUT2D eigenvalue weighted by Crippen LogP contribution is 2.20. The number of hydrogen-bond acceptors (Lipinski definition) is 5. The molecule has 84 valence electrons. The molecule has 1 N–H and O–H groups in total. The third kappa shape index (κ3) is 2.55. The van der Waals surface area contributed by atoms with Gasteiger partial charge in [0, 0.05) is 6.07 Å². The van der Waals surface area contributed by atoms with Crippen molar-refractivity contribution >= 4 is 17.6 Å². The summed E-state index contributed by atoms with van der Waals surface area (Å²) in [4.78, 5) is 8.28. The van der Waals surface area contributed by atoms with Crippen molar-refractivity contribution in [3.05, 3.63) is 36.5 Å². The third-order valence-corrected chi connectivity index (χ3v) is 2.83.